The van der Waals surface area contributed by atoms with Crippen molar-refractivity contribution in [3.63, 3.8) is 0 Å². The van der Waals surface area contributed by atoms with Crippen molar-refractivity contribution in [2.45, 2.75) is 46.8 Å². The normalized spacial score (nSPS) is 13.5. The van der Waals surface area contributed by atoms with Gasteiger partial charge in [0.2, 0.25) is 5.91 Å². The second kappa shape index (κ2) is 7.13. The Bertz CT molecular complexity index is 661. The van der Waals surface area contributed by atoms with E-state index >= 15 is 0 Å². The molecule has 1 unspecified atom stereocenters. The molecule has 0 fully saturated rings. The molecule has 5 heteroatoms. The third-order valence-corrected chi connectivity index (χ3v) is 4.28. The highest BCUT2D eigenvalue weighted by Crippen LogP contribution is 2.25. The Kier molecular flexibility index (Phi) is 5.42. The average Bonchev–Trinajstić information content (AvgIpc) is 2.93. The number of carbonyl (C=O) groups is 1. The van der Waals surface area contributed by atoms with Crippen LogP contribution in [0.1, 0.15) is 34.1 Å². The van der Waals surface area contributed by atoms with Gasteiger partial charge in [-0.25, -0.2) is 4.98 Å². The Morgan fingerprint density at radius 3 is 2.74 bits per heavy atom. The molecule has 0 radical (unpaired) electrons. The van der Waals surface area contributed by atoms with E-state index in [4.69, 9.17) is 0 Å². The minimum absolute atomic E-state index is 0.00758. The highest BCUT2D eigenvalue weighted by atomic mass is 16.3. The first-order valence-electron chi connectivity index (χ1n) is 8.16. The summed E-state index contributed by atoms with van der Waals surface area (Å²) in [6.45, 7) is 8.98. The van der Waals surface area contributed by atoms with Gasteiger partial charge < -0.3 is 15.0 Å². The zero-order chi connectivity index (χ0) is 17.0. The number of hydrogen-bond acceptors (Lipinski definition) is 3. The molecular weight excluding hydrogens is 290 g/mol. The second-order valence-electron chi connectivity index (χ2n) is 7.13. The fourth-order valence-electron chi connectivity index (χ4n) is 2.83. The SMILES string of the molecule is CC(C)C(O)C(C)(C)CNC(=O)CCn1cnc2ccccc21. The fraction of sp³-hybridized carbons (Fsp3) is 0.556. The third-order valence-electron chi connectivity index (χ3n) is 4.28. The number of benzene rings is 1. The molecule has 0 aliphatic rings. The second-order valence-corrected chi connectivity index (χ2v) is 7.13. The van der Waals surface area contributed by atoms with Crippen molar-refractivity contribution in [3.8, 4) is 0 Å². The predicted octanol–water partition coefficient (Wildman–Crippen LogP) is 2.59. The van der Waals surface area contributed by atoms with E-state index < -0.39 is 6.10 Å². The van der Waals surface area contributed by atoms with Gasteiger partial charge in [0.25, 0.3) is 0 Å². The van der Waals surface area contributed by atoms with Crippen LogP contribution in [0.4, 0.5) is 0 Å². The maximum absolute atomic E-state index is 12.1. The molecule has 1 aromatic carbocycles. The molecule has 0 bridgehead atoms. The quantitative estimate of drug-likeness (QED) is 0.825. The summed E-state index contributed by atoms with van der Waals surface area (Å²) in [5.41, 5.74) is 1.64. The van der Waals surface area contributed by atoms with Gasteiger partial charge in [0.15, 0.2) is 0 Å². The Morgan fingerprint density at radius 1 is 1.35 bits per heavy atom. The molecule has 0 aliphatic heterocycles. The highest BCUT2D eigenvalue weighted by molar-refractivity contribution is 5.77. The molecular formula is C18H27N3O2. The van der Waals surface area contributed by atoms with Crippen LogP contribution in [-0.2, 0) is 11.3 Å². The van der Waals surface area contributed by atoms with Crippen LogP contribution in [0.15, 0.2) is 30.6 Å². The number of nitrogens with zero attached hydrogens (tertiary/aromatic N) is 2. The monoisotopic (exact) mass is 317 g/mol. The lowest BCUT2D eigenvalue weighted by atomic mass is 9.80. The smallest absolute Gasteiger partial charge is 0.221 e. The Hall–Kier alpha value is -1.88. The minimum Gasteiger partial charge on any atom is -0.392 e. The topological polar surface area (TPSA) is 67.2 Å². The van der Waals surface area contributed by atoms with E-state index in [1.807, 2.05) is 56.5 Å². The van der Waals surface area contributed by atoms with Crippen molar-refractivity contribution < 1.29 is 9.90 Å². The maximum atomic E-state index is 12.1. The van der Waals surface area contributed by atoms with E-state index in [2.05, 4.69) is 10.3 Å². The zero-order valence-electron chi connectivity index (χ0n) is 14.4. The minimum atomic E-state index is -0.444. The number of aromatic nitrogens is 2. The average molecular weight is 317 g/mol. The van der Waals surface area contributed by atoms with E-state index in [1.54, 1.807) is 6.33 Å². The van der Waals surface area contributed by atoms with Gasteiger partial charge >= 0.3 is 0 Å². The van der Waals surface area contributed by atoms with Gasteiger partial charge in [-0.1, -0.05) is 39.8 Å². The molecule has 2 rings (SSSR count). The van der Waals surface area contributed by atoms with Crippen LogP contribution in [0.3, 0.4) is 0 Å². The van der Waals surface area contributed by atoms with Crippen LogP contribution in [0, 0.1) is 11.3 Å². The molecule has 0 saturated heterocycles. The maximum Gasteiger partial charge on any atom is 0.221 e. The highest BCUT2D eigenvalue weighted by Gasteiger charge is 2.30. The first kappa shape index (κ1) is 17.5. The zero-order valence-corrected chi connectivity index (χ0v) is 14.4. The number of aliphatic hydroxyl groups excluding tert-OH is 1. The summed E-state index contributed by atoms with van der Waals surface area (Å²) in [6.07, 6.45) is 1.72. The van der Waals surface area contributed by atoms with Crippen LogP contribution in [0.2, 0.25) is 0 Å². The van der Waals surface area contributed by atoms with E-state index in [1.165, 1.54) is 0 Å². The van der Waals surface area contributed by atoms with Crippen molar-refractivity contribution in [1.82, 2.24) is 14.9 Å². The van der Waals surface area contributed by atoms with Crippen molar-refractivity contribution in [2.75, 3.05) is 6.54 Å². The molecule has 1 heterocycles. The van der Waals surface area contributed by atoms with Crippen LogP contribution < -0.4 is 5.32 Å². The number of rotatable bonds is 7. The van der Waals surface area contributed by atoms with Crippen LogP contribution in [0.25, 0.3) is 11.0 Å². The first-order chi connectivity index (χ1) is 10.8. The number of hydrogen-bond donors (Lipinski definition) is 2. The molecule has 23 heavy (non-hydrogen) atoms. The standard InChI is InChI=1S/C18H27N3O2/c1-13(2)17(23)18(3,4)11-19-16(22)9-10-21-12-20-14-7-5-6-8-15(14)21/h5-8,12-13,17,23H,9-11H2,1-4H3,(H,19,22). The van der Waals surface area contributed by atoms with Gasteiger partial charge in [0, 0.05) is 24.9 Å². The van der Waals surface area contributed by atoms with Gasteiger partial charge in [0.1, 0.15) is 0 Å². The summed E-state index contributed by atoms with van der Waals surface area (Å²) in [7, 11) is 0. The number of amides is 1. The fourth-order valence-corrected chi connectivity index (χ4v) is 2.83. The van der Waals surface area contributed by atoms with Crippen LogP contribution in [0.5, 0.6) is 0 Å². The van der Waals surface area contributed by atoms with Crippen molar-refractivity contribution in [1.29, 1.82) is 0 Å². The molecule has 1 aromatic heterocycles. The number of imidazole rings is 1. The molecule has 2 aromatic rings. The lowest BCUT2D eigenvalue weighted by Crippen LogP contribution is -2.43. The summed E-state index contributed by atoms with van der Waals surface area (Å²) >= 11 is 0. The van der Waals surface area contributed by atoms with E-state index in [0.29, 0.717) is 19.5 Å². The molecule has 1 atom stereocenters. The van der Waals surface area contributed by atoms with Crippen molar-refractivity contribution >= 4 is 16.9 Å². The van der Waals surface area contributed by atoms with Crippen LogP contribution in [-0.4, -0.2) is 33.2 Å². The molecule has 126 valence electrons. The largest absolute Gasteiger partial charge is 0.392 e. The number of carbonyl (C=O) groups excluding carboxylic acids is 1. The van der Waals surface area contributed by atoms with Crippen molar-refractivity contribution in [3.05, 3.63) is 30.6 Å². The van der Waals surface area contributed by atoms with Gasteiger partial charge in [-0.2, -0.15) is 0 Å². The summed E-state index contributed by atoms with van der Waals surface area (Å²) in [4.78, 5) is 16.4. The Balaban J connectivity index is 1.86. The van der Waals surface area contributed by atoms with Gasteiger partial charge in [-0.05, 0) is 18.1 Å². The first-order valence-corrected chi connectivity index (χ1v) is 8.16. The predicted molar refractivity (Wildman–Crippen MR) is 92.0 cm³/mol. The Labute approximate surface area is 137 Å². The van der Waals surface area contributed by atoms with E-state index in [0.717, 1.165) is 11.0 Å². The van der Waals surface area contributed by atoms with Crippen LogP contribution >= 0.6 is 0 Å². The summed E-state index contributed by atoms with van der Waals surface area (Å²) in [5, 5.41) is 13.1. The molecule has 0 aliphatic carbocycles. The molecule has 5 nitrogen and oxygen atoms in total. The number of fused-ring (bicyclic) bond motifs is 1. The Morgan fingerprint density at radius 2 is 2.04 bits per heavy atom. The number of nitrogens with one attached hydrogen (secondary N) is 1. The number of aliphatic hydroxyl groups is 1. The molecule has 0 saturated carbocycles. The van der Waals surface area contributed by atoms with Gasteiger partial charge in [-0.15, -0.1) is 0 Å². The summed E-state index contributed by atoms with van der Waals surface area (Å²) < 4.78 is 1.99. The number of aryl methyl sites for hydroxylation is 1. The lowest BCUT2D eigenvalue weighted by molar-refractivity contribution is -0.122. The van der Waals surface area contributed by atoms with Gasteiger partial charge in [-0.3, -0.25) is 4.79 Å². The van der Waals surface area contributed by atoms with E-state index in [9.17, 15) is 9.90 Å². The van der Waals surface area contributed by atoms with Crippen molar-refractivity contribution in [2.24, 2.45) is 11.3 Å². The van der Waals surface area contributed by atoms with Gasteiger partial charge in [0.05, 0.1) is 23.5 Å². The molecule has 0 spiro atoms. The van der Waals surface area contributed by atoms with E-state index in [-0.39, 0.29) is 17.2 Å². The third kappa shape index (κ3) is 4.32. The molecule has 1 amide bonds. The molecule has 2 N–H and O–H groups in total. The number of para-hydroxylation sites is 2. The lowest BCUT2D eigenvalue weighted by Gasteiger charge is -2.33. The summed E-state index contributed by atoms with van der Waals surface area (Å²) in [5.74, 6) is 0.158. The summed E-state index contributed by atoms with van der Waals surface area (Å²) in [6, 6.07) is 7.88.